The van der Waals surface area contributed by atoms with Gasteiger partial charge in [-0.3, -0.25) is 4.79 Å². The van der Waals surface area contributed by atoms with Gasteiger partial charge in [-0.1, -0.05) is 30.3 Å². The number of hydrogen-bond acceptors (Lipinski definition) is 4. The van der Waals surface area contributed by atoms with Gasteiger partial charge in [-0.2, -0.15) is 0 Å². The van der Waals surface area contributed by atoms with E-state index in [1.165, 1.54) is 19.8 Å². The molecule has 0 unspecified atom stereocenters. The fourth-order valence-electron chi connectivity index (χ4n) is 3.84. The molecule has 0 spiro atoms. The van der Waals surface area contributed by atoms with Crippen LogP contribution in [0.2, 0.25) is 0 Å². The SMILES string of the molecule is COc1ccc(C(=O)NC2CCC(c3ccccc3)CC2)c(OC)c1OC. The van der Waals surface area contributed by atoms with Gasteiger partial charge in [-0.05, 0) is 49.3 Å². The van der Waals surface area contributed by atoms with Crippen LogP contribution in [0.5, 0.6) is 17.2 Å². The Morgan fingerprint density at radius 1 is 0.852 bits per heavy atom. The number of methoxy groups -OCH3 is 3. The van der Waals surface area contributed by atoms with Crippen LogP contribution in [0.3, 0.4) is 0 Å². The third-order valence-corrected chi connectivity index (χ3v) is 5.28. The topological polar surface area (TPSA) is 56.8 Å². The largest absolute Gasteiger partial charge is 0.493 e. The second kappa shape index (κ2) is 8.80. The van der Waals surface area contributed by atoms with E-state index in [4.69, 9.17) is 14.2 Å². The van der Waals surface area contributed by atoms with Crippen LogP contribution in [0.1, 0.15) is 47.5 Å². The van der Waals surface area contributed by atoms with Crippen LogP contribution in [0, 0.1) is 0 Å². The molecule has 0 aliphatic heterocycles. The molecule has 0 bridgehead atoms. The van der Waals surface area contributed by atoms with Crippen LogP contribution >= 0.6 is 0 Å². The molecule has 0 radical (unpaired) electrons. The summed E-state index contributed by atoms with van der Waals surface area (Å²) in [5.74, 6) is 1.80. The Labute approximate surface area is 160 Å². The number of hydrogen-bond donors (Lipinski definition) is 1. The van der Waals surface area contributed by atoms with E-state index in [9.17, 15) is 4.79 Å². The van der Waals surface area contributed by atoms with Crippen molar-refractivity contribution >= 4 is 5.91 Å². The molecule has 144 valence electrons. The maximum absolute atomic E-state index is 12.8. The molecular weight excluding hydrogens is 342 g/mol. The molecule has 1 aliphatic carbocycles. The van der Waals surface area contributed by atoms with Crippen LogP contribution < -0.4 is 19.5 Å². The number of benzene rings is 2. The molecule has 1 aliphatic rings. The highest BCUT2D eigenvalue weighted by Gasteiger charge is 2.26. The third-order valence-electron chi connectivity index (χ3n) is 5.28. The Morgan fingerprint density at radius 2 is 1.52 bits per heavy atom. The zero-order valence-electron chi connectivity index (χ0n) is 16.2. The molecule has 27 heavy (non-hydrogen) atoms. The Hall–Kier alpha value is -2.69. The number of rotatable bonds is 6. The number of carbonyl (C=O) groups is 1. The second-order valence-corrected chi connectivity index (χ2v) is 6.81. The monoisotopic (exact) mass is 369 g/mol. The summed E-state index contributed by atoms with van der Waals surface area (Å²) in [7, 11) is 4.62. The predicted molar refractivity (Wildman–Crippen MR) is 105 cm³/mol. The van der Waals surface area contributed by atoms with Gasteiger partial charge < -0.3 is 19.5 Å². The van der Waals surface area contributed by atoms with Crippen LogP contribution in [-0.2, 0) is 0 Å². The van der Waals surface area contributed by atoms with Gasteiger partial charge in [0, 0.05) is 6.04 Å². The van der Waals surface area contributed by atoms with Crippen molar-refractivity contribution < 1.29 is 19.0 Å². The number of amides is 1. The summed E-state index contributed by atoms with van der Waals surface area (Å²) < 4.78 is 16.1. The lowest BCUT2D eigenvalue weighted by Gasteiger charge is -2.29. The Bertz CT molecular complexity index is 767. The van der Waals surface area contributed by atoms with Crippen molar-refractivity contribution in [3.05, 3.63) is 53.6 Å². The molecule has 5 nitrogen and oxygen atoms in total. The summed E-state index contributed by atoms with van der Waals surface area (Å²) in [4.78, 5) is 12.8. The van der Waals surface area contributed by atoms with Gasteiger partial charge in [0.05, 0.1) is 26.9 Å². The van der Waals surface area contributed by atoms with Crippen molar-refractivity contribution in [3.63, 3.8) is 0 Å². The zero-order chi connectivity index (χ0) is 19.2. The van der Waals surface area contributed by atoms with Gasteiger partial charge in [-0.25, -0.2) is 0 Å². The molecular formula is C22H27NO4. The van der Waals surface area contributed by atoms with E-state index >= 15 is 0 Å². The molecule has 0 heterocycles. The van der Waals surface area contributed by atoms with Crippen molar-refractivity contribution in [2.75, 3.05) is 21.3 Å². The normalized spacial score (nSPS) is 19.2. The Kier molecular flexibility index (Phi) is 6.22. The highest BCUT2D eigenvalue weighted by Crippen LogP contribution is 2.40. The van der Waals surface area contributed by atoms with Crippen molar-refractivity contribution in [3.8, 4) is 17.2 Å². The average Bonchev–Trinajstić information content (AvgIpc) is 2.73. The first-order chi connectivity index (χ1) is 13.2. The first-order valence-electron chi connectivity index (χ1n) is 9.32. The summed E-state index contributed by atoms with van der Waals surface area (Å²) in [5.41, 5.74) is 1.85. The van der Waals surface area contributed by atoms with Gasteiger partial charge in [0.2, 0.25) is 5.75 Å². The van der Waals surface area contributed by atoms with Crippen LogP contribution in [0.25, 0.3) is 0 Å². The van der Waals surface area contributed by atoms with E-state index in [1.807, 2.05) is 6.07 Å². The lowest BCUT2D eigenvalue weighted by Crippen LogP contribution is -2.37. The minimum atomic E-state index is -0.143. The summed E-state index contributed by atoms with van der Waals surface area (Å²) in [6.45, 7) is 0. The van der Waals surface area contributed by atoms with Crippen LogP contribution in [-0.4, -0.2) is 33.3 Å². The number of carbonyl (C=O) groups excluding carboxylic acids is 1. The lowest BCUT2D eigenvalue weighted by atomic mass is 9.81. The molecule has 1 N–H and O–H groups in total. The number of nitrogens with one attached hydrogen (secondary N) is 1. The molecule has 5 heteroatoms. The van der Waals surface area contributed by atoms with Gasteiger partial charge in [0.25, 0.3) is 5.91 Å². The summed E-state index contributed by atoms with van der Waals surface area (Å²) >= 11 is 0. The van der Waals surface area contributed by atoms with E-state index in [0.29, 0.717) is 28.7 Å². The second-order valence-electron chi connectivity index (χ2n) is 6.81. The third kappa shape index (κ3) is 4.18. The van der Waals surface area contributed by atoms with E-state index in [2.05, 4.69) is 29.6 Å². The van der Waals surface area contributed by atoms with Crippen LogP contribution in [0.4, 0.5) is 0 Å². The molecule has 1 amide bonds. The first-order valence-corrected chi connectivity index (χ1v) is 9.32. The van der Waals surface area contributed by atoms with Gasteiger partial charge in [-0.15, -0.1) is 0 Å². The molecule has 0 aromatic heterocycles. The minimum Gasteiger partial charge on any atom is -0.493 e. The quantitative estimate of drug-likeness (QED) is 0.830. The Balaban J connectivity index is 1.66. The molecule has 2 aromatic rings. The zero-order valence-corrected chi connectivity index (χ0v) is 16.2. The van der Waals surface area contributed by atoms with E-state index < -0.39 is 0 Å². The molecule has 0 atom stereocenters. The maximum Gasteiger partial charge on any atom is 0.255 e. The van der Waals surface area contributed by atoms with Crippen LogP contribution in [0.15, 0.2) is 42.5 Å². The highest BCUT2D eigenvalue weighted by molar-refractivity contribution is 5.98. The van der Waals surface area contributed by atoms with Gasteiger partial charge in [0.1, 0.15) is 0 Å². The van der Waals surface area contributed by atoms with Crippen molar-refractivity contribution in [1.82, 2.24) is 5.32 Å². The molecule has 0 saturated heterocycles. The maximum atomic E-state index is 12.8. The summed E-state index contributed by atoms with van der Waals surface area (Å²) in [6, 6.07) is 14.2. The minimum absolute atomic E-state index is 0.143. The van der Waals surface area contributed by atoms with E-state index in [1.54, 1.807) is 19.2 Å². The van der Waals surface area contributed by atoms with Gasteiger partial charge in [0.15, 0.2) is 11.5 Å². The fourth-order valence-corrected chi connectivity index (χ4v) is 3.84. The Morgan fingerprint density at radius 3 is 2.11 bits per heavy atom. The van der Waals surface area contributed by atoms with Crippen molar-refractivity contribution in [2.45, 2.75) is 37.6 Å². The van der Waals surface area contributed by atoms with Crippen molar-refractivity contribution in [1.29, 1.82) is 0 Å². The molecule has 3 rings (SSSR count). The smallest absolute Gasteiger partial charge is 0.255 e. The highest BCUT2D eigenvalue weighted by atomic mass is 16.5. The summed E-state index contributed by atoms with van der Waals surface area (Å²) in [5, 5.41) is 3.16. The number of ether oxygens (including phenoxy) is 3. The fraction of sp³-hybridized carbons (Fsp3) is 0.409. The van der Waals surface area contributed by atoms with Gasteiger partial charge >= 0.3 is 0 Å². The molecule has 1 fully saturated rings. The first kappa shape index (κ1) is 19.1. The summed E-state index contributed by atoms with van der Waals surface area (Å²) in [6.07, 6.45) is 4.11. The van der Waals surface area contributed by atoms with Crippen molar-refractivity contribution in [2.24, 2.45) is 0 Å². The standard InChI is InChI=1S/C22H27NO4/c1-25-19-14-13-18(20(26-2)21(19)27-3)22(24)23-17-11-9-16(10-12-17)15-7-5-4-6-8-15/h4-8,13-14,16-17H,9-12H2,1-3H3,(H,23,24). The van der Waals surface area contributed by atoms with E-state index in [0.717, 1.165) is 25.7 Å². The van der Waals surface area contributed by atoms with E-state index in [-0.39, 0.29) is 11.9 Å². The average molecular weight is 369 g/mol. The molecule has 1 saturated carbocycles. The molecule has 2 aromatic carbocycles. The predicted octanol–water partition coefficient (Wildman–Crippen LogP) is 4.17. The lowest BCUT2D eigenvalue weighted by molar-refractivity contribution is 0.0922.